The minimum absolute atomic E-state index is 0.0790. The van der Waals surface area contributed by atoms with Gasteiger partial charge in [-0.2, -0.15) is 0 Å². The van der Waals surface area contributed by atoms with Crippen LogP contribution in [0.5, 0.6) is 5.75 Å². The molecular weight excluding hydrogens is 354 g/mol. The van der Waals surface area contributed by atoms with E-state index in [0.717, 1.165) is 11.1 Å². The Labute approximate surface area is 161 Å². The lowest BCUT2D eigenvalue weighted by molar-refractivity contribution is -0.118. The van der Waals surface area contributed by atoms with E-state index in [1.54, 1.807) is 36.4 Å². The highest BCUT2D eigenvalue weighted by molar-refractivity contribution is 5.96. The van der Waals surface area contributed by atoms with E-state index >= 15 is 0 Å². The zero-order valence-corrected chi connectivity index (χ0v) is 15.6. The van der Waals surface area contributed by atoms with Crippen molar-refractivity contribution in [3.05, 3.63) is 82.0 Å². The summed E-state index contributed by atoms with van der Waals surface area (Å²) >= 11 is 0. The van der Waals surface area contributed by atoms with Crippen molar-refractivity contribution >= 4 is 33.5 Å². The second kappa shape index (κ2) is 7.19. The highest BCUT2D eigenvalue weighted by atomic mass is 16.5. The molecule has 0 fully saturated rings. The van der Waals surface area contributed by atoms with Gasteiger partial charge in [-0.05, 0) is 55.3 Å². The average molecular weight is 373 g/mol. The Balaban J connectivity index is 1.62. The molecule has 0 aliphatic heterocycles. The molecule has 5 nitrogen and oxygen atoms in total. The monoisotopic (exact) mass is 373 g/mol. The van der Waals surface area contributed by atoms with Gasteiger partial charge in [0.05, 0.1) is 10.8 Å². The molecule has 0 saturated heterocycles. The minimum atomic E-state index is -0.293. The van der Waals surface area contributed by atoms with Crippen LogP contribution in [0.1, 0.15) is 11.1 Å². The van der Waals surface area contributed by atoms with E-state index in [0.29, 0.717) is 33.4 Å². The van der Waals surface area contributed by atoms with Crippen molar-refractivity contribution in [3.8, 4) is 5.75 Å². The molecule has 0 radical (unpaired) electrons. The molecule has 1 aromatic heterocycles. The number of rotatable bonds is 4. The molecule has 140 valence electrons. The summed E-state index contributed by atoms with van der Waals surface area (Å²) in [7, 11) is 0. The van der Waals surface area contributed by atoms with E-state index in [4.69, 9.17) is 9.15 Å². The molecule has 0 aliphatic carbocycles. The predicted molar refractivity (Wildman–Crippen MR) is 110 cm³/mol. The summed E-state index contributed by atoms with van der Waals surface area (Å²) in [6.07, 6.45) is 0. The van der Waals surface area contributed by atoms with Crippen LogP contribution < -0.4 is 15.5 Å². The number of anilines is 1. The van der Waals surface area contributed by atoms with E-state index in [1.807, 2.05) is 38.1 Å². The Morgan fingerprint density at radius 1 is 1.00 bits per heavy atom. The van der Waals surface area contributed by atoms with Crippen molar-refractivity contribution in [1.82, 2.24) is 0 Å². The van der Waals surface area contributed by atoms with E-state index in [9.17, 15) is 9.59 Å². The zero-order valence-electron chi connectivity index (χ0n) is 15.6. The summed E-state index contributed by atoms with van der Waals surface area (Å²) < 4.78 is 11.5. The number of fused-ring (bicyclic) bond motifs is 2. The Kier molecular flexibility index (Phi) is 4.57. The number of aryl methyl sites for hydroxylation is 2. The Bertz CT molecular complexity index is 1240. The van der Waals surface area contributed by atoms with Crippen LogP contribution in [-0.2, 0) is 4.79 Å². The van der Waals surface area contributed by atoms with Gasteiger partial charge in [0, 0.05) is 11.8 Å². The lowest BCUT2D eigenvalue weighted by atomic mass is 10.0. The molecule has 1 heterocycles. The van der Waals surface area contributed by atoms with Gasteiger partial charge in [-0.3, -0.25) is 9.59 Å². The molecule has 0 saturated carbocycles. The van der Waals surface area contributed by atoms with E-state index in [-0.39, 0.29) is 17.9 Å². The summed E-state index contributed by atoms with van der Waals surface area (Å²) in [6.45, 7) is 3.79. The van der Waals surface area contributed by atoms with E-state index in [1.165, 1.54) is 0 Å². The molecular formula is C23H19NO4. The molecule has 3 aromatic carbocycles. The van der Waals surface area contributed by atoms with Crippen LogP contribution in [-0.4, -0.2) is 12.5 Å². The molecule has 1 amide bonds. The number of para-hydroxylation sites is 1. The summed E-state index contributed by atoms with van der Waals surface area (Å²) in [5, 5.41) is 3.81. The van der Waals surface area contributed by atoms with Crippen molar-refractivity contribution in [2.75, 3.05) is 11.9 Å². The Morgan fingerprint density at radius 3 is 2.54 bits per heavy atom. The molecule has 4 aromatic rings. The zero-order chi connectivity index (χ0) is 19.7. The fourth-order valence-electron chi connectivity index (χ4n) is 3.09. The van der Waals surface area contributed by atoms with E-state index < -0.39 is 0 Å². The number of benzene rings is 3. The van der Waals surface area contributed by atoms with Gasteiger partial charge in [-0.15, -0.1) is 0 Å². The minimum Gasteiger partial charge on any atom is -0.484 e. The molecule has 0 aliphatic rings. The summed E-state index contributed by atoms with van der Waals surface area (Å²) in [5.74, 6) is 0.331. The Hall–Kier alpha value is -3.60. The summed E-state index contributed by atoms with van der Waals surface area (Å²) in [6, 6.07) is 17.9. The summed E-state index contributed by atoms with van der Waals surface area (Å²) in [4.78, 5) is 24.9. The van der Waals surface area contributed by atoms with Crippen LogP contribution in [0, 0.1) is 13.8 Å². The summed E-state index contributed by atoms with van der Waals surface area (Å²) in [5.41, 5.74) is 3.47. The number of amides is 1. The van der Waals surface area contributed by atoms with Gasteiger partial charge in [0.15, 0.2) is 6.61 Å². The second-order valence-corrected chi connectivity index (χ2v) is 6.68. The van der Waals surface area contributed by atoms with E-state index in [2.05, 4.69) is 5.32 Å². The van der Waals surface area contributed by atoms with Gasteiger partial charge in [-0.1, -0.05) is 24.3 Å². The van der Waals surface area contributed by atoms with Gasteiger partial charge < -0.3 is 14.5 Å². The van der Waals surface area contributed by atoms with Gasteiger partial charge in [0.1, 0.15) is 16.9 Å². The van der Waals surface area contributed by atoms with Crippen molar-refractivity contribution in [3.63, 3.8) is 0 Å². The first-order valence-corrected chi connectivity index (χ1v) is 8.97. The first-order chi connectivity index (χ1) is 13.5. The molecule has 4 rings (SSSR count). The third-order valence-electron chi connectivity index (χ3n) is 4.76. The normalized spacial score (nSPS) is 10.9. The maximum atomic E-state index is 12.8. The fraction of sp³-hybridized carbons (Fsp3) is 0.130. The SMILES string of the molecule is Cc1ccc2c(=O)c3ccc(NC(=O)COc4ccccc4)cc3oc2c1C. The number of hydrogen-bond donors (Lipinski definition) is 1. The largest absolute Gasteiger partial charge is 0.484 e. The number of carbonyl (C=O) groups excluding carboxylic acids is 1. The third kappa shape index (κ3) is 3.34. The van der Waals surface area contributed by atoms with Crippen LogP contribution in [0.3, 0.4) is 0 Å². The quantitative estimate of drug-likeness (QED) is 0.532. The molecule has 0 spiro atoms. The maximum Gasteiger partial charge on any atom is 0.262 e. The number of ether oxygens (including phenoxy) is 1. The Morgan fingerprint density at radius 2 is 1.75 bits per heavy atom. The molecule has 1 N–H and O–H groups in total. The van der Waals surface area contributed by atoms with Crippen molar-refractivity contribution < 1.29 is 13.9 Å². The van der Waals surface area contributed by atoms with Crippen LogP contribution in [0.2, 0.25) is 0 Å². The second-order valence-electron chi connectivity index (χ2n) is 6.68. The van der Waals surface area contributed by atoms with Crippen molar-refractivity contribution in [1.29, 1.82) is 0 Å². The standard InChI is InChI=1S/C23H19NO4/c1-14-8-10-19-22(26)18-11-9-16(12-20(18)28-23(19)15(14)2)24-21(25)13-27-17-6-4-3-5-7-17/h3-12H,13H2,1-2H3,(H,24,25). The fourth-order valence-corrected chi connectivity index (χ4v) is 3.09. The predicted octanol–water partition coefficient (Wildman–Crippen LogP) is 4.58. The number of hydrogen-bond acceptors (Lipinski definition) is 4. The number of carbonyl (C=O) groups is 1. The van der Waals surface area contributed by atoms with Gasteiger partial charge in [0.2, 0.25) is 5.43 Å². The first kappa shape index (κ1) is 17.8. The lowest BCUT2D eigenvalue weighted by Gasteiger charge is -2.09. The molecule has 28 heavy (non-hydrogen) atoms. The van der Waals surface area contributed by atoms with Gasteiger partial charge in [-0.25, -0.2) is 0 Å². The average Bonchev–Trinajstić information content (AvgIpc) is 2.70. The molecule has 0 unspecified atom stereocenters. The highest BCUT2D eigenvalue weighted by Gasteiger charge is 2.12. The van der Waals surface area contributed by atoms with Gasteiger partial charge >= 0.3 is 0 Å². The van der Waals surface area contributed by atoms with Crippen LogP contribution >= 0.6 is 0 Å². The molecule has 5 heteroatoms. The van der Waals surface area contributed by atoms with Crippen molar-refractivity contribution in [2.24, 2.45) is 0 Å². The topological polar surface area (TPSA) is 68.5 Å². The first-order valence-electron chi connectivity index (χ1n) is 8.97. The lowest BCUT2D eigenvalue weighted by Crippen LogP contribution is -2.20. The molecule has 0 bridgehead atoms. The van der Waals surface area contributed by atoms with Crippen molar-refractivity contribution in [2.45, 2.75) is 13.8 Å². The van der Waals surface area contributed by atoms with Gasteiger partial charge in [0.25, 0.3) is 5.91 Å². The maximum absolute atomic E-state index is 12.8. The third-order valence-corrected chi connectivity index (χ3v) is 4.76. The highest BCUT2D eigenvalue weighted by Crippen LogP contribution is 2.25. The number of nitrogens with one attached hydrogen (secondary N) is 1. The van der Waals surface area contributed by atoms with Crippen LogP contribution in [0.15, 0.2) is 69.9 Å². The molecule has 0 atom stereocenters. The van der Waals surface area contributed by atoms with Crippen LogP contribution in [0.4, 0.5) is 5.69 Å². The van der Waals surface area contributed by atoms with Crippen LogP contribution in [0.25, 0.3) is 21.9 Å². The smallest absolute Gasteiger partial charge is 0.262 e.